The Morgan fingerprint density at radius 3 is 2.88 bits per heavy atom. The van der Waals surface area contributed by atoms with Crippen molar-refractivity contribution in [2.75, 3.05) is 7.11 Å². The number of aromatic nitrogens is 2. The van der Waals surface area contributed by atoms with Gasteiger partial charge < -0.3 is 9.72 Å². The number of aromatic amines is 1. The van der Waals surface area contributed by atoms with Crippen molar-refractivity contribution >= 4 is 27.8 Å². The average Bonchev–Trinajstić information content (AvgIpc) is 2.75. The van der Waals surface area contributed by atoms with Gasteiger partial charge in [-0.05, 0) is 18.2 Å². The summed E-state index contributed by atoms with van der Waals surface area (Å²) >= 11 is 0. The first-order chi connectivity index (χ1) is 8.29. The fourth-order valence-electron chi connectivity index (χ4n) is 2.00. The molecular weight excluding hydrogens is 216 g/mol. The molecular formula is C13H10N2O2. The highest BCUT2D eigenvalue weighted by Crippen LogP contribution is 2.25. The van der Waals surface area contributed by atoms with Gasteiger partial charge in [0.05, 0.1) is 24.4 Å². The molecule has 0 bridgehead atoms. The molecule has 2 heterocycles. The molecule has 84 valence electrons. The van der Waals surface area contributed by atoms with Crippen molar-refractivity contribution in [3.8, 4) is 0 Å². The maximum Gasteiger partial charge on any atom is 0.337 e. The number of pyridine rings is 1. The molecule has 17 heavy (non-hydrogen) atoms. The first-order valence-corrected chi connectivity index (χ1v) is 5.23. The molecule has 1 aromatic carbocycles. The minimum atomic E-state index is -0.330. The summed E-state index contributed by atoms with van der Waals surface area (Å²) in [5.74, 6) is -0.330. The van der Waals surface area contributed by atoms with Crippen LogP contribution in [0.5, 0.6) is 0 Å². The van der Waals surface area contributed by atoms with Crippen LogP contribution in [-0.2, 0) is 4.74 Å². The van der Waals surface area contributed by atoms with Crippen LogP contribution in [-0.4, -0.2) is 23.0 Å². The van der Waals surface area contributed by atoms with Crippen molar-refractivity contribution in [3.63, 3.8) is 0 Å². The molecule has 2 aromatic heterocycles. The Bertz CT molecular complexity index is 716. The van der Waals surface area contributed by atoms with E-state index in [-0.39, 0.29) is 5.97 Å². The van der Waals surface area contributed by atoms with Crippen LogP contribution in [0.25, 0.3) is 21.8 Å². The zero-order chi connectivity index (χ0) is 11.8. The van der Waals surface area contributed by atoms with Crippen LogP contribution in [0.1, 0.15) is 10.4 Å². The molecule has 3 aromatic rings. The fourth-order valence-corrected chi connectivity index (χ4v) is 2.00. The maximum absolute atomic E-state index is 11.4. The van der Waals surface area contributed by atoms with E-state index in [1.54, 1.807) is 24.5 Å². The highest BCUT2D eigenvalue weighted by atomic mass is 16.5. The zero-order valence-corrected chi connectivity index (χ0v) is 9.23. The summed E-state index contributed by atoms with van der Waals surface area (Å²) in [4.78, 5) is 18.7. The molecule has 0 spiro atoms. The van der Waals surface area contributed by atoms with Crippen LogP contribution in [0.4, 0.5) is 0 Å². The van der Waals surface area contributed by atoms with E-state index >= 15 is 0 Å². The number of hydrogen-bond acceptors (Lipinski definition) is 3. The van der Waals surface area contributed by atoms with E-state index in [4.69, 9.17) is 4.74 Å². The molecule has 0 radical (unpaired) electrons. The number of carbonyl (C=O) groups excluding carboxylic acids is 1. The van der Waals surface area contributed by atoms with Gasteiger partial charge in [-0.2, -0.15) is 0 Å². The van der Waals surface area contributed by atoms with Crippen molar-refractivity contribution in [3.05, 3.63) is 42.2 Å². The van der Waals surface area contributed by atoms with Gasteiger partial charge in [-0.25, -0.2) is 4.79 Å². The SMILES string of the molecule is COC(=O)c1ccc2c(c1)[nH]c1cnccc12. The number of benzene rings is 1. The predicted molar refractivity (Wildman–Crippen MR) is 64.9 cm³/mol. The van der Waals surface area contributed by atoms with Crippen molar-refractivity contribution in [2.45, 2.75) is 0 Å². The molecule has 0 saturated heterocycles. The zero-order valence-electron chi connectivity index (χ0n) is 9.23. The number of hydrogen-bond donors (Lipinski definition) is 1. The Hall–Kier alpha value is -2.36. The molecule has 0 saturated carbocycles. The van der Waals surface area contributed by atoms with E-state index < -0.39 is 0 Å². The second kappa shape index (κ2) is 3.59. The molecule has 0 aliphatic carbocycles. The molecule has 1 N–H and O–H groups in total. The monoisotopic (exact) mass is 226 g/mol. The van der Waals surface area contributed by atoms with E-state index in [0.29, 0.717) is 5.56 Å². The third-order valence-corrected chi connectivity index (χ3v) is 2.82. The first-order valence-electron chi connectivity index (χ1n) is 5.23. The molecule has 0 aliphatic rings. The summed E-state index contributed by atoms with van der Waals surface area (Å²) in [5.41, 5.74) is 2.42. The van der Waals surface area contributed by atoms with Gasteiger partial charge in [0.25, 0.3) is 0 Å². The van der Waals surface area contributed by atoms with Gasteiger partial charge in [-0.3, -0.25) is 4.98 Å². The second-order valence-corrected chi connectivity index (χ2v) is 3.80. The second-order valence-electron chi connectivity index (χ2n) is 3.80. The van der Waals surface area contributed by atoms with Crippen molar-refractivity contribution in [2.24, 2.45) is 0 Å². The van der Waals surface area contributed by atoms with E-state index in [1.165, 1.54) is 7.11 Å². The normalized spacial score (nSPS) is 10.9. The first kappa shape index (κ1) is 9.84. The molecule has 0 fully saturated rings. The largest absolute Gasteiger partial charge is 0.465 e. The van der Waals surface area contributed by atoms with Crippen molar-refractivity contribution < 1.29 is 9.53 Å². The van der Waals surface area contributed by atoms with Gasteiger partial charge in [-0.1, -0.05) is 6.07 Å². The van der Waals surface area contributed by atoms with Gasteiger partial charge in [0.1, 0.15) is 0 Å². The quantitative estimate of drug-likeness (QED) is 0.648. The number of nitrogens with zero attached hydrogens (tertiary/aromatic N) is 1. The van der Waals surface area contributed by atoms with E-state index in [2.05, 4.69) is 9.97 Å². The molecule has 4 heteroatoms. The highest BCUT2D eigenvalue weighted by Gasteiger charge is 2.09. The van der Waals surface area contributed by atoms with Gasteiger partial charge in [0.2, 0.25) is 0 Å². The third-order valence-electron chi connectivity index (χ3n) is 2.82. The number of nitrogens with one attached hydrogen (secondary N) is 1. The lowest BCUT2D eigenvalue weighted by Crippen LogP contribution is -2.00. The highest BCUT2D eigenvalue weighted by molar-refractivity contribution is 6.08. The Kier molecular flexibility index (Phi) is 2.08. The van der Waals surface area contributed by atoms with Crippen LogP contribution in [0.15, 0.2) is 36.7 Å². The minimum Gasteiger partial charge on any atom is -0.465 e. The van der Waals surface area contributed by atoms with E-state index in [0.717, 1.165) is 21.8 Å². The molecule has 0 atom stereocenters. The summed E-state index contributed by atoms with van der Waals surface area (Å²) in [5, 5.41) is 2.18. The Morgan fingerprint density at radius 2 is 2.06 bits per heavy atom. The number of methoxy groups -OCH3 is 1. The topological polar surface area (TPSA) is 55.0 Å². The Labute approximate surface area is 97.2 Å². The number of esters is 1. The van der Waals surface area contributed by atoms with Crippen molar-refractivity contribution in [1.82, 2.24) is 9.97 Å². The lowest BCUT2D eigenvalue weighted by atomic mass is 10.1. The lowest BCUT2D eigenvalue weighted by molar-refractivity contribution is 0.0601. The van der Waals surface area contributed by atoms with Crippen LogP contribution in [0.3, 0.4) is 0 Å². The van der Waals surface area contributed by atoms with Gasteiger partial charge in [0.15, 0.2) is 0 Å². The standard InChI is InChI=1S/C13H10N2O2/c1-17-13(16)8-2-3-9-10-4-5-14-7-12(10)15-11(9)6-8/h2-7,15H,1H3. The average molecular weight is 226 g/mol. The molecule has 0 amide bonds. The number of fused-ring (bicyclic) bond motifs is 3. The summed E-state index contributed by atoms with van der Waals surface area (Å²) in [6.45, 7) is 0. The fraction of sp³-hybridized carbons (Fsp3) is 0.0769. The smallest absolute Gasteiger partial charge is 0.337 e. The van der Waals surface area contributed by atoms with Crippen LogP contribution < -0.4 is 0 Å². The summed E-state index contributed by atoms with van der Waals surface area (Å²) in [6.07, 6.45) is 3.52. The number of rotatable bonds is 1. The van der Waals surface area contributed by atoms with Crippen LogP contribution >= 0.6 is 0 Å². The molecule has 3 rings (SSSR count). The minimum absolute atomic E-state index is 0.330. The number of carbonyl (C=O) groups is 1. The Morgan fingerprint density at radius 1 is 1.24 bits per heavy atom. The van der Waals surface area contributed by atoms with E-state index in [9.17, 15) is 4.79 Å². The number of H-pyrrole nitrogens is 1. The molecule has 0 unspecified atom stereocenters. The lowest BCUT2D eigenvalue weighted by Gasteiger charge is -1.98. The number of ether oxygens (including phenoxy) is 1. The molecule has 0 aliphatic heterocycles. The Balaban J connectivity index is 2.30. The van der Waals surface area contributed by atoms with E-state index in [1.807, 2.05) is 12.1 Å². The van der Waals surface area contributed by atoms with Crippen LogP contribution in [0.2, 0.25) is 0 Å². The summed E-state index contributed by atoms with van der Waals surface area (Å²) in [6, 6.07) is 7.43. The van der Waals surface area contributed by atoms with Gasteiger partial charge >= 0.3 is 5.97 Å². The third kappa shape index (κ3) is 1.45. The van der Waals surface area contributed by atoms with Gasteiger partial charge in [-0.15, -0.1) is 0 Å². The van der Waals surface area contributed by atoms with Gasteiger partial charge in [0, 0.05) is 22.5 Å². The summed E-state index contributed by atoms with van der Waals surface area (Å²) in [7, 11) is 1.38. The predicted octanol–water partition coefficient (Wildman–Crippen LogP) is 2.50. The van der Waals surface area contributed by atoms with Crippen molar-refractivity contribution in [1.29, 1.82) is 0 Å². The maximum atomic E-state index is 11.4. The van der Waals surface area contributed by atoms with Crippen LogP contribution in [0, 0.1) is 0 Å². The molecule has 4 nitrogen and oxygen atoms in total. The summed E-state index contributed by atoms with van der Waals surface area (Å²) < 4.78 is 4.69.